The summed E-state index contributed by atoms with van der Waals surface area (Å²) in [5.74, 6) is -0.659. The van der Waals surface area contributed by atoms with E-state index in [1.165, 1.54) is 44.9 Å². The predicted octanol–water partition coefficient (Wildman–Crippen LogP) is 3.99. The van der Waals surface area contributed by atoms with Gasteiger partial charge in [-0.1, -0.05) is 58.3 Å². The maximum atomic E-state index is 10.2. The van der Waals surface area contributed by atoms with Gasteiger partial charge in [0.2, 0.25) is 0 Å². The average Bonchev–Trinajstić information content (AvgIpc) is 2.15. The fourth-order valence-electron chi connectivity index (χ4n) is 1.59. The van der Waals surface area contributed by atoms with Crippen molar-refractivity contribution in [1.29, 1.82) is 0 Å². The first-order chi connectivity index (χ1) is 6.77. The molecule has 0 aromatic rings. The summed E-state index contributed by atoms with van der Waals surface area (Å²) in [6.07, 6.45) is 11.5. The maximum absolute atomic E-state index is 10.2. The van der Waals surface area contributed by atoms with Crippen molar-refractivity contribution in [3.05, 3.63) is 0 Å². The van der Waals surface area contributed by atoms with Crippen LogP contribution >= 0.6 is 0 Å². The molecule has 0 bridgehead atoms. The summed E-state index contributed by atoms with van der Waals surface area (Å²) in [4.78, 5) is 10.2. The molecule has 0 heterocycles. The van der Waals surface area contributed by atoms with Gasteiger partial charge in [0.15, 0.2) is 0 Å². The van der Waals surface area contributed by atoms with Crippen LogP contribution < -0.4 is 0 Å². The Morgan fingerprint density at radius 3 is 1.67 bits per heavy atom. The zero-order valence-corrected chi connectivity index (χ0v) is 12.0. The fourth-order valence-corrected chi connectivity index (χ4v) is 1.59. The molecular formula is C12H24O2Pt. The Morgan fingerprint density at radius 1 is 0.867 bits per heavy atom. The van der Waals surface area contributed by atoms with Crippen LogP contribution in [-0.2, 0) is 25.9 Å². The van der Waals surface area contributed by atoms with Crippen molar-refractivity contribution in [3.63, 3.8) is 0 Å². The molecule has 0 saturated heterocycles. The smallest absolute Gasteiger partial charge is 0.303 e. The second kappa shape index (κ2) is 14.2. The van der Waals surface area contributed by atoms with Gasteiger partial charge in [0, 0.05) is 27.5 Å². The Balaban J connectivity index is 0. The van der Waals surface area contributed by atoms with Gasteiger partial charge >= 0.3 is 5.97 Å². The SMILES string of the molecule is CCCCCCCCCCCC(=O)O.[Pt]. The van der Waals surface area contributed by atoms with Crippen molar-refractivity contribution in [2.24, 2.45) is 0 Å². The molecule has 94 valence electrons. The van der Waals surface area contributed by atoms with Crippen LogP contribution in [0.1, 0.15) is 71.1 Å². The molecule has 0 radical (unpaired) electrons. The second-order valence-electron chi connectivity index (χ2n) is 3.97. The molecule has 0 aliphatic carbocycles. The number of rotatable bonds is 10. The van der Waals surface area contributed by atoms with Crippen molar-refractivity contribution in [1.82, 2.24) is 0 Å². The molecule has 0 spiro atoms. The standard InChI is InChI=1S/C12H24O2.Pt/c1-2-3-4-5-6-7-8-9-10-11-12(13)14;/h2-11H2,1H3,(H,13,14);. The van der Waals surface area contributed by atoms with Crippen LogP contribution in [0, 0.1) is 0 Å². The Labute approximate surface area is 108 Å². The van der Waals surface area contributed by atoms with Crippen LogP contribution in [0.25, 0.3) is 0 Å². The van der Waals surface area contributed by atoms with Crippen LogP contribution in [0.4, 0.5) is 0 Å². The van der Waals surface area contributed by atoms with Crippen LogP contribution in [0.5, 0.6) is 0 Å². The zero-order valence-electron chi connectivity index (χ0n) is 9.74. The normalized spacial score (nSPS) is 9.67. The van der Waals surface area contributed by atoms with E-state index in [9.17, 15) is 4.79 Å². The molecule has 15 heavy (non-hydrogen) atoms. The summed E-state index contributed by atoms with van der Waals surface area (Å²) in [7, 11) is 0. The topological polar surface area (TPSA) is 37.3 Å². The van der Waals surface area contributed by atoms with Crippen LogP contribution in [0.3, 0.4) is 0 Å². The number of carboxylic acids is 1. The molecule has 0 aromatic heterocycles. The van der Waals surface area contributed by atoms with E-state index in [-0.39, 0.29) is 21.1 Å². The molecule has 0 unspecified atom stereocenters. The van der Waals surface area contributed by atoms with Crippen molar-refractivity contribution < 1.29 is 31.0 Å². The molecule has 1 N–H and O–H groups in total. The van der Waals surface area contributed by atoms with Gasteiger partial charge in [-0.05, 0) is 6.42 Å². The Bertz CT molecular complexity index is 138. The molecule has 0 aliphatic heterocycles. The minimum absolute atomic E-state index is 0. The van der Waals surface area contributed by atoms with E-state index >= 15 is 0 Å². The first-order valence-corrected chi connectivity index (χ1v) is 5.99. The van der Waals surface area contributed by atoms with E-state index in [1.54, 1.807) is 0 Å². The van der Waals surface area contributed by atoms with Crippen molar-refractivity contribution in [2.75, 3.05) is 0 Å². The summed E-state index contributed by atoms with van der Waals surface area (Å²) in [6.45, 7) is 2.23. The molecule has 2 nitrogen and oxygen atoms in total. The number of unbranched alkanes of at least 4 members (excludes halogenated alkanes) is 8. The molecule has 0 atom stereocenters. The van der Waals surface area contributed by atoms with E-state index in [0.29, 0.717) is 6.42 Å². The quantitative estimate of drug-likeness (QED) is 0.568. The largest absolute Gasteiger partial charge is 0.481 e. The molecule has 0 rings (SSSR count). The third-order valence-corrected chi connectivity index (χ3v) is 2.49. The third kappa shape index (κ3) is 16.8. The predicted molar refractivity (Wildman–Crippen MR) is 59.5 cm³/mol. The van der Waals surface area contributed by atoms with Gasteiger partial charge in [-0.3, -0.25) is 4.79 Å². The van der Waals surface area contributed by atoms with E-state index in [1.807, 2.05) is 0 Å². The molecule has 0 aliphatic rings. The number of carbonyl (C=O) groups is 1. The summed E-state index contributed by atoms with van der Waals surface area (Å²) in [5, 5.41) is 8.41. The number of carboxylic acid groups (broad SMARTS) is 1. The molecular weight excluding hydrogens is 371 g/mol. The number of hydrogen-bond acceptors (Lipinski definition) is 1. The first-order valence-electron chi connectivity index (χ1n) is 5.99. The fraction of sp³-hybridized carbons (Fsp3) is 0.917. The van der Waals surface area contributed by atoms with Gasteiger partial charge in [0.05, 0.1) is 0 Å². The van der Waals surface area contributed by atoms with Crippen molar-refractivity contribution >= 4 is 5.97 Å². The van der Waals surface area contributed by atoms with Gasteiger partial charge in [0.25, 0.3) is 0 Å². The minimum Gasteiger partial charge on any atom is -0.481 e. The number of hydrogen-bond donors (Lipinski definition) is 1. The summed E-state index contributed by atoms with van der Waals surface area (Å²) < 4.78 is 0. The summed E-state index contributed by atoms with van der Waals surface area (Å²) >= 11 is 0. The first kappa shape index (κ1) is 17.5. The van der Waals surface area contributed by atoms with E-state index in [4.69, 9.17) is 5.11 Å². The van der Waals surface area contributed by atoms with Gasteiger partial charge in [-0.2, -0.15) is 0 Å². The third-order valence-electron chi connectivity index (χ3n) is 2.49. The van der Waals surface area contributed by atoms with Gasteiger partial charge in [0.1, 0.15) is 0 Å². The molecule has 0 aromatic carbocycles. The van der Waals surface area contributed by atoms with E-state index < -0.39 is 5.97 Å². The summed E-state index contributed by atoms with van der Waals surface area (Å²) in [5.41, 5.74) is 0. The molecule has 0 fully saturated rings. The van der Waals surface area contributed by atoms with Crippen molar-refractivity contribution in [3.8, 4) is 0 Å². The van der Waals surface area contributed by atoms with Crippen LogP contribution in [0.15, 0.2) is 0 Å². The Hall–Kier alpha value is 0.158. The summed E-state index contributed by atoms with van der Waals surface area (Å²) in [6, 6.07) is 0. The number of aliphatic carboxylic acids is 1. The van der Waals surface area contributed by atoms with Crippen LogP contribution in [0.2, 0.25) is 0 Å². The van der Waals surface area contributed by atoms with Gasteiger partial charge in [-0.25, -0.2) is 0 Å². The van der Waals surface area contributed by atoms with Gasteiger partial charge < -0.3 is 5.11 Å². The maximum Gasteiger partial charge on any atom is 0.303 e. The van der Waals surface area contributed by atoms with E-state index in [0.717, 1.165) is 12.8 Å². The zero-order chi connectivity index (χ0) is 10.6. The van der Waals surface area contributed by atoms with E-state index in [2.05, 4.69) is 6.92 Å². The molecule has 3 heteroatoms. The molecule has 0 saturated carbocycles. The Kier molecular flexibility index (Phi) is 16.6. The monoisotopic (exact) mass is 395 g/mol. The average molecular weight is 395 g/mol. The van der Waals surface area contributed by atoms with Gasteiger partial charge in [-0.15, -0.1) is 0 Å². The van der Waals surface area contributed by atoms with Crippen molar-refractivity contribution in [2.45, 2.75) is 71.1 Å². The Morgan fingerprint density at radius 2 is 1.27 bits per heavy atom. The van der Waals surface area contributed by atoms with Crippen LogP contribution in [-0.4, -0.2) is 11.1 Å². The second-order valence-corrected chi connectivity index (χ2v) is 3.97. The minimum atomic E-state index is -0.659. The molecule has 0 amide bonds.